The maximum Gasteiger partial charge on any atom is 0.233 e. The Labute approximate surface area is 123 Å². The third kappa shape index (κ3) is 3.96. The Morgan fingerprint density at radius 3 is 2.60 bits per heavy atom. The van der Waals surface area contributed by atoms with Crippen molar-refractivity contribution in [3.8, 4) is 0 Å². The van der Waals surface area contributed by atoms with Crippen LogP contribution in [0.4, 0.5) is 0 Å². The summed E-state index contributed by atoms with van der Waals surface area (Å²) in [7, 11) is 4.02. The molecule has 3 unspecified atom stereocenters. The van der Waals surface area contributed by atoms with Crippen LogP contribution in [0.15, 0.2) is 30.3 Å². The molecule has 1 aromatic rings. The number of nitrogens with zero attached hydrogens (tertiary/aromatic N) is 1. The van der Waals surface area contributed by atoms with E-state index < -0.39 is 12.1 Å². The Kier molecular flexibility index (Phi) is 5.42. The van der Waals surface area contributed by atoms with Crippen LogP contribution in [0.2, 0.25) is 0 Å². The lowest BCUT2D eigenvalue weighted by molar-refractivity contribution is -0.129. The highest BCUT2D eigenvalue weighted by molar-refractivity contribution is 7.99. The quantitative estimate of drug-likeness (QED) is 0.733. The van der Waals surface area contributed by atoms with Crippen molar-refractivity contribution in [2.45, 2.75) is 17.6 Å². The zero-order valence-electron chi connectivity index (χ0n) is 11.7. The van der Waals surface area contributed by atoms with E-state index in [0.717, 1.165) is 17.9 Å². The first-order valence-corrected chi connectivity index (χ1v) is 7.68. The van der Waals surface area contributed by atoms with Gasteiger partial charge < -0.3 is 15.3 Å². The molecule has 0 aliphatic carbocycles. The van der Waals surface area contributed by atoms with E-state index >= 15 is 0 Å². The second kappa shape index (κ2) is 7.08. The molecule has 0 saturated carbocycles. The SMILES string of the molecule is CN(C)CCSC1NC(=O)C(c2ccccc2)C(O)N1. The van der Waals surface area contributed by atoms with Crippen LogP contribution in [0.5, 0.6) is 0 Å². The van der Waals surface area contributed by atoms with Crippen LogP contribution in [0.25, 0.3) is 0 Å². The molecule has 5 nitrogen and oxygen atoms in total. The molecule has 1 amide bonds. The summed E-state index contributed by atoms with van der Waals surface area (Å²) >= 11 is 1.59. The van der Waals surface area contributed by atoms with Gasteiger partial charge in [-0.25, -0.2) is 0 Å². The number of benzene rings is 1. The van der Waals surface area contributed by atoms with E-state index in [9.17, 15) is 9.90 Å². The zero-order valence-corrected chi connectivity index (χ0v) is 12.6. The van der Waals surface area contributed by atoms with Crippen LogP contribution in [-0.2, 0) is 4.79 Å². The molecule has 1 saturated heterocycles. The number of carbonyl (C=O) groups excluding carboxylic acids is 1. The molecule has 20 heavy (non-hydrogen) atoms. The van der Waals surface area contributed by atoms with Crippen molar-refractivity contribution in [3.63, 3.8) is 0 Å². The van der Waals surface area contributed by atoms with Crippen molar-refractivity contribution in [2.75, 3.05) is 26.4 Å². The maximum absolute atomic E-state index is 12.2. The Morgan fingerprint density at radius 2 is 2.00 bits per heavy atom. The van der Waals surface area contributed by atoms with Crippen LogP contribution in [-0.4, -0.2) is 54.0 Å². The van der Waals surface area contributed by atoms with Crippen molar-refractivity contribution >= 4 is 17.7 Å². The van der Waals surface area contributed by atoms with E-state index in [1.165, 1.54) is 0 Å². The highest BCUT2D eigenvalue weighted by Crippen LogP contribution is 2.24. The van der Waals surface area contributed by atoms with Gasteiger partial charge in [0.2, 0.25) is 5.91 Å². The van der Waals surface area contributed by atoms with Gasteiger partial charge in [0.05, 0.1) is 0 Å². The highest BCUT2D eigenvalue weighted by Gasteiger charge is 2.35. The number of hydrogen-bond donors (Lipinski definition) is 3. The second-order valence-electron chi connectivity index (χ2n) is 5.06. The topological polar surface area (TPSA) is 64.6 Å². The van der Waals surface area contributed by atoms with Crippen LogP contribution in [0.1, 0.15) is 11.5 Å². The Morgan fingerprint density at radius 1 is 1.30 bits per heavy atom. The summed E-state index contributed by atoms with van der Waals surface area (Å²) in [4.78, 5) is 14.3. The van der Waals surface area contributed by atoms with Crippen molar-refractivity contribution in [3.05, 3.63) is 35.9 Å². The van der Waals surface area contributed by atoms with E-state index in [1.54, 1.807) is 11.8 Å². The van der Waals surface area contributed by atoms with Crippen molar-refractivity contribution in [2.24, 2.45) is 0 Å². The summed E-state index contributed by atoms with van der Waals surface area (Å²) in [6, 6.07) is 9.34. The molecule has 0 radical (unpaired) electrons. The summed E-state index contributed by atoms with van der Waals surface area (Å²) < 4.78 is 0. The fourth-order valence-corrected chi connectivity index (χ4v) is 3.23. The summed E-state index contributed by atoms with van der Waals surface area (Å²) in [5.74, 6) is 0.194. The van der Waals surface area contributed by atoms with Gasteiger partial charge in [-0.2, -0.15) is 0 Å². The number of rotatable bonds is 5. The van der Waals surface area contributed by atoms with Crippen molar-refractivity contribution < 1.29 is 9.90 Å². The van der Waals surface area contributed by atoms with Gasteiger partial charge in [-0.05, 0) is 19.7 Å². The minimum atomic E-state index is -0.858. The minimum absolute atomic E-state index is 0.134. The van der Waals surface area contributed by atoms with Gasteiger partial charge >= 0.3 is 0 Å². The fraction of sp³-hybridized carbons (Fsp3) is 0.500. The Balaban J connectivity index is 1.93. The molecule has 0 aromatic heterocycles. The molecule has 1 heterocycles. The molecule has 3 N–H and O–H groups in total. The van der Waals surface area contributed by atoms with Crippen molar-refractivity contribution in [1.82, 2.24) is 15.5 Å². The smallest absolute Gasteiger partial charge is 0.233 e. The number of amides is 1. The van der Waals surface area contributed by atoms with E-state index in [-0.39, 0.29) is 11.4 Å². The van der Waals surface area contributed by atoms with Gasteiger partial charge in [-0.15, -0.1) is 11.8 Å². The molecular weight excluding hydrogens is 274 g/mol. The molecule has 0 bridgehead atoms. The molecule has 6 heteroatoms. The molecule has 1 fully saturated rings. The molecule has 0 spiro atoms. The normalized spacial score (nSPS) is 26.6. The van der Waals surface area contributed by atoms with Gasteiger partial charge in [-0.1, -0.05) is 30.3 Å². The molecule has 1 aromatic carbocycles. The lowest BCUT2D eigenvalue weighted by Gasteiger charge is -2.34. The van der Waals surface area contributed by atoms with Crippen LogP contribution in [0, 0.1) is 0 Å². The molecule has 1 aliphatic heterocycles. The molecule has 3 atom stereocenters. The predicted molar refractivity (Wildman–Crippen MR) is 81.3 cm³/mol. The van der Waals surface area contributed by atoms with Crippen molar-refractivity contribution in [1.29, 1.82) is 0 Å². The van der Waals surface area contributed by atoms with E-state index in [1.807, 2.05) is 44.4 Å². The summed E-state index contributed by atoms with van der Waals surface area (Å²) in [5, 5.41) is 16.1. The lowest BCUT2D eigenvalue weighted by Crippen LogP contribution is -2.59. The lowest BCUT2D eigenvalue weighted by atomic mass is 9.95. The van der Waals surface area contributed by atoms with E-state index in [2.05, 4.69) is 15.5 Å². The number of aliphatic hydroxyl groups excluding tert-OH is 1. The third-order valence-electron chi connectivity index (χ3n) is 3.18. The van der Waals surface area contributed by atoms with Gasteiger partial charge in [0.15, 0.2) is 0 Å². The number of carbonyl (C=O) groups is 1. The van der Waals surface area contributed by atoms with Crippen LogP contribution >= 0.6 is 11.8 Å². The Hall–Kier alpha value is -1.08. The van der Waals surface area contributed by atoms with Gasteiger partial charge in [0.1, 0.15) is 17.6 Å². The monoisotopic (exact) mass is 295 g/mol. The summed E-state index contributed by atoms with van der Waals surface area (Å²) in [6.45, 7) is 0.928. The van der Waals surface area contributed by atoms with E-state index in [4.69, 9.17) is 0 Å². The first-order chi connectivity index (χ1) is 9.58. The second-order valence-corrected chi connectivity index (χ2v) is 6.28. The van der Waals surface area contributed by atoms with Crippen LogP contribution < -0.4 is 10.6 Å². The fourth-order valence-electron chi connectivity index (χ4n) is 2.09. The molecule has 110 valence electrons. The molecular formula is C14H21N3O2S. The van der Waals surface area contributed by atoms with Gasteiger partial charge in [0, 0.05) is 12.3 Å². The first kappa shape index (κ1) is 15.3. The molecule has 2 rings (SSSR count). The minimum Gasteiger partial charge on any atom is -0.377 e. The van der Waals surface area contributed by atoms with Crippen LogP contribution in [0.3, 0.4) is 0 Å². The zero-order chi connectivity index (χ0) is 14.5. The van der Waals surface area contributed by atoms with E-state index in [0.29, 0.717) is 0 Å². The third-order valence-corrected chi connectivity index (χ3v) is 4.18. The average molecular weight is 295 g/mol. The largest absolute Gasteiger partial charge is 0.377 e. The number of hydrogen-bond acceptors (Lipinski definition) is 5. The average Bonchev–Trinajstić information content (AvgIpc) is 2.38. The number of aliphatic hydroxyl groups is 1. The predicted octanol–water partition coefficient (Wildman–Crippen LogP) is 0.386. The first-order valence-electron chi connectivity index (χ1n) is 6.63. The summed E-state index contributed by atoms with van der Waals surface area (Å²) in [5.41, 5.74) is 0.583. The summed E-state index contributed by atoms with van der Waals surface area (Å²) in [6.07, 6.45) is -0.858. The number of thioether (sulfide) groups is 1. The molecule has 1 aliphatic rings. The highest BCUT2D eigenvalue weighted by atomic mass is 32.2. The van der Waals surface area contributed by atoms with Gasteiger partial charge in [-0.3, -0.25) is 10.1 Å². The maximum atomic E-state index is 12.2. The number of nitrogens with one attached hydrogen (secondary N) is 2. The standard InChI is InChI=1S/C14H21N3O2S/c1-17(2)8-9-20-14-15-12(18)11(13(19)16-14)10-6-4-3-5-7-10/h3-7,11-12,14-15,18H,8-9H2,1-2H3,(H,16,19). The van der Waals surface area contributed by atoms with Gasteiger partial charge in [0.25, 0.3) is 0 Å². The Bertz CT molecular complexity index is 441.